The lowest BCUT2D eigenvalue weighted by Crippen LogP contribution is -2.37. The van der Waals surface area contributed by atoms with Gasteiger partial charge in [-0.15, -0.1) is 0 Å². The maximum atomic E-state index is 12.7. The molecule has 2 amide bonds. The van der Waals surface area contributed by atoms with Crippen LogP contribution in [-0.4, -0.2) is 53.1 Å². The molecule has 6 nitrogen and oxygen atoms in total. The summed E-state index contributed by atoms with van der Waals surface area (Å²) < 4.78 is 5.93. The van der Waals surface area contributed by atoms with Crippen LogP contribution in [0.5, 0.6) is 0 Å². The number of carbonyl (C=O) groups excluding carboxylic acids is 2. The van der Waals surface area contributed by atoms with Crippen LogP contribution in [0.2, 0.25) is 0 Å². The van der Waals surface area contributed by atoms with Crippen LogP contribution in [0.15, 0.2) is 52.0 Å². The summed E-state index contributed by atoms with van der Waals surface area (Å²) in [4.78, 5) is 29.1. The maximum absolute atomic E-state index is 12.7. The second-order valence-corrected chi connectivity index (χ2v) is 8.97. The molecule has 1 saturated heterocycles. The SMILES string of the molecule is Cc1ccc(/C=C2\SC(=S)N(CCC(=O)NCC(c3ccco3)N(C)C)C2=O)cc1. The topological polar surface area (TPSA) is 65.8 Å². The first-order chi connectivity index (χ1) is 14.3. The molecule has 30 heavy (non-hydrogen) atoms. The lowest BCUT2D eigenvalue weighted by Gasteiger charge is -2.23. The molecule has 1 aliphatic heterocycles. The van der Waals surface area contributed by atoms with Gasteiger partial charge in [0.1, 0.15) is 10.1 Å². The van der Waals surface area contributed by atoms with E-state index in [1.165, 1.54) is 16.7 Å². The van der Waals surface area contributed by atoms with E-state index >= 15 is 0 Å². The van der Waals surface area contributed by atoms with Gasteiger partial charge in [-0.2, -0.15) is 0 Å². The number of thioether (sulfide) groups is 1. The summed E-state index contributed by atoms with van der Waals surface area (Å²) in [5.74, 6) is 0.503. The number of rotatable bonds is 8. The van der Waals surface area contributed by atoms with Crippen molar-refractivity contribution in [3.63, 3.8) is 0 Å². The van der Waals surface area contributed by atoms with Crippen LogP contribution in [0.25, 0.3) is 6.08 Å². The Labute approximate surface area is 186 Å². The fourth-order valence-electron chi connectivity index (χ4n) is 3.04. The number of nitrogens with zero attached hydrogens (tertiary/aromatic N) is 2. The predicted octanol–water partition coefficient (Wildman–Crippen LogP) is 3.60. The summed E-state index contributed by atoms with van der Waals surface area (Å²) in [6.07, 6.45) is 3.64. The molecule has 158 valence electrons. The third kappa shape index (κ3) is 5.59. The molecule has 0 aliphatic carbocycles. The number of aryl methyl sites for hydroxylation is 1. The van der Waals surface area contributed by atoms with E-state index in [0.29, 0.717) is 15.8 Å². The largest absolute Gasteiger partial charge is 0.468 e. The summed E-state index contributed by atoms with van der Waals surface area (Å²) in [5, 5.41) is 2.92. The lowest BCUT2D eigenvalue weighted by molar-refractivity contribution is -0.124. The summed E-state index contributed by atoms with van der Waals surface area (Å²) in [5.41, 5.74) is 2.11. The van der Waals surface area contributed by atoms with E-state index < -0.39 is 0 Å². The van der Waals surface area contributed by atoms with Crippen LogP contribution in [0.3, 0.4) is 0 Å². The molecular formula is C22H25N3O3S2. The van der Waals surface area contributed by atoms with Crippen molar-refractivity contribution in [1.82, 2.24) is 15.1 Å². The van der Waals surface area contributed by atoms with Crippen LogP contribution in [0.4, 0.5) is 0 Å². The van der Waals surface area contributed by atoms with Gasteiger partial charge in [-0.1, -0.05) is 53.8 Å². The normalized spacial score (nSPS) is 16.5. The van der Waals surface area contributed by atoms with Crippen LogP contribution >= 0.6 is 24.0 Å². The van der Waals surface area contributed by atoms with Gasteiger partial charge < -0.3 is 9.73 Å². The van der Waals surface area contributed by atoms with Crippen LogP contribution in [0.1, 0.15) is 29.3 Å². The number of nitrogens with one attached hydrogen (secondary N) is 1. The number of benzene rings is 1. The molecule has 8 heteroatoms. The van der Waals surface area contributed by atoms with Gasteiger partial charge >= 0.3 is 0 Å². The summed E-state index contributed by atoms with van der Waals surface area (Å²) in [7, 11) is 3.86. The van der Waals surface area contributed by atoms with E-state index in [-0.39, 0.29) is 30.8 Å². The monoisotopic (exact) mass is 443 g/mol. The zero-order valence-electron chi connectivity index (χ0n) is 17.3. The van der Waals surface area contributed by atoms with Crippen molar-refractivity contribution in [3.8, 4) is 0 Å². The number of hydrogen-bond acceptors (Lipinski definition) is 6. The van der Waals surface area contributed by atoms with Crippen molar-refractivity contribution in [1.29, 1.82) is 0 Å². The number of furan rings is 1. The van der Waals surface area contributed by atoms with Crippen LogP contribution < -0.4 is 5.32 Å². The number of carbonyl (C=O) groups is 2. The van der Waals surface area contributed by atoms with E-state index in [1.807, 2.05) is 68.4 Å². The van der Waals surface area contributed by atoms with Gasteiger partial charge in [0.05, 0.1) is 17.2 Å². The Hall–Kier alpha value is -2.42. The summed E-state index contributed by atoms with van der Waals surface area (Å²) in [6, 6.07) is 11.6. The third-order valence-electron chi connectivity index (χ3n) is 4.80. The second-order valence-electron chi connectivity index (χ2n) is 7.29. The van der Waals surface area contributed by atoms with Gasteiger partial charge in [0.25, 0.3) is 5.91 Å². The number of thiocarbonyl (C=S) groups is 1. The molecule has 2 aromatic rings. The molecule has 1 N–H and O–H groups in total. The van der Waals surface area contributed by atoms with Gasteiger partial charge in [0.2, 0.25) is 5.91 Å². The Morgan fingerprint density at radius 1 is 1.30 bits per heavy atom. The molecule has 1 aliphatic rings. The minimum atomic E-state index is -0.153. The molecule has 3 rings (SSSR count). The first-order valence-corrected chi connectivity index (χ1v) is 10.9. The molecule has 0 bridgehead atoms. The Balaban J connectivity index is 1.53. The van der Waals surface area contributed by atoms with Crippen molar-refractivity contribution in [2.24, 2.45) is 0 Å². The Kier molecular flexibility index (Phi) is 7.47. The van der Waals surface area contributed by atoms with Crippen LogP contribution in [0, 0.1) is 6.92 Å². The molecule has 1 atom stereocenters. The fourth-order valence-corrected chi connectivity index (χ4v) is 4.35. The highest BCUT2D eigenvalue weighted by Crippen LogP contribution is 2.32. The molecular weight excluding hydrogens is 418 g/mol. The van der Waals surface area contributed by atoms with Crippen molar-refractivity contribution in [2.75, 3.05) is 27.2 Å². The zero-order valence-corrected chi connectivity index (χ0v) is 18.9. The molecule has 1 aromatic heterocycles. The molecule has 0 spiro atoms. The average Bonchev–Trinajstić information content (AvgIpc) is 3.31. The zero-order chi connectivity index (χ0) is 21.7. The van der Waals surface area contributed by atoms with Gasteiger partial charge in [0, 0.05) is 19.5 Å². The van der Waals surface area contributed by atoms with Gasteiger partial charge in [-0.05, 0) is 44.8 Å². The van der Waals surface area contributed by atoms with Gasteiger partial charge in [0.15, 0.2) is 0 Å². The van der Waals surface area contributed by atoms with E-state index in [9.17, 15) is 9.59 Å². The quantitative estimate of drug-likeness (QED) is 0.497. The van der Waals surface area contributed by atoms with Crippen LogP contribution in [-0.2, 0) is 9.59 Å². The second kappa shape index (κ2) is 10.1. The summed E-state index contributed by atoms with van der Waals surface area (Å²) in [6.45, 7) is 2.70. The molecule has 2 heterocycles. The smallest absolute Gasteiger partial charge is 0.266 e. The van der Waals surface area contributed by atoms with Crippen molar-refractivity contribution < 1.29 is 14.0 Å². The molecule has 0 radical (unpaired) electrons. The molecule has 1 unspecified atom stereocenters. The van der Waals surface area contributed by atoms with E-state index in [4.69, 9.17) is 16.6 Å². The van der Waals surface area contributed by atoms with Crippen molar-refractivity contribution >= 4 is 46.2 Å². The van der Waals surface area contributed by atoms with Crippen molar-refractivity contribution in [2.45, 2.75) is 19.4 Å². The van der Waals surface area contributed by atoms with Gasteiger partial charge in [-0.3, -0.25) is 19.4 Å². The number of likely N-dealkylation sites (N-methyl/N-ethyl adjacent to an activating group) is 1. The number of hydrogen-bond donors (Lipinski definition) is 1. The van der Waals surface area contributed by atoms with E-state index in [0.717, 1.165) is 16.9 Å². The molecule has 1 aromatic carbocycles. The highest BCUT2D eigenvalue weighted by molar-refractivity contribution is 8.26. The molecule has 0 saturated carbocycles. The van der Waals surface area contributed by atoms with E-state index in [2.05, 4.69) is 5.32 Å². The van der Waals surface area contributed by atoms with Crippen molar-refractivity contribution in [3.05, 3.63) is 64.5 Å². The standard InChI is InChI=1S/C22H25N3O3S2/c1-15-6-8-16(9-7-15)13-19-21(27)25(22(29)30-19)11-10-20(26)23-14-17(24(2)3)18-5-4-12-28-18/h4-9,12-13,17H,10-11,14H2,1-3H3,(H,23,26)/b19-13-. The minimum absolute atomic E-state index is 0.0574. The lowest BCUT2D eigenvalue weighted by atomic mass is 10.1. The highest BCUT2D eigenvalue weighted by Gasteiger charge is 2.32. The first kappa shape index (κ1) is 22.3. The third-order valence-corrected chi connectivity index (χ3v) is 6.18. The minimum Gasteiger partial charge on any atom is -0.468 e. The Morgan fingerprint density at radius 2 is 2.03 bits per heavy atom. The fraction of sp³-hybridized carbons (Fsp3) is 0.318. The maximum Gasteiger partial charge on any atom is 0.266 e. The first-order valence-electron chi connectivity index (χ1n) is 9.63. The van der Waals surface area contributed by atoms with E-state index in [1.54, 1.807) is 6.26 Å². The Bertz CT molecular complexity index is 937. The van der Waals surface area contributed by atoms with Gasteiger partial charge in [-0.25, -0.2) is 0 Å². The summed E-state index contributed by atoms with van der Waals surface area (Å²) >= 11 is 6.63. The average molecular weight is 444 g/mol. The predicted molar refractivity (Wildman–Crippen MR) is 124 cm³/mol. The molecule has 1 fully saturated rings. The number of amides is 2. The Morgan fingerprint density at radius 3 is 2.67 bits per heavy atom. The highest BCUT2D eigenvalue weighted by atomic mass is 32.2.